The zero-order valence-corrected chi connectivity index (χ0v) is 11.1. The molecule has 1 aromatic carbocycles. The van der Waals surface area contributed by atoms with Gasteiger partial charge >= 0.3 is 0 Å². The van der Waals surface area contributed by atoms with E-state index in [1.54, 1.807) is 0 Å². The van der Waals surface area contributed by atoms with Gasteiger partial charge in [0.25, 0.3) is 0 Å². The van der Waals surface area contributed by atoms with Gasteiger partial charge in [-0.25, -0.2) is 0 Å². The minimum atomic E-state index is -0.229. The first-order chi connectivity index (χ1) is 7.07. The van der Waals surface area contributed by atoms with Crippen LogP contribution in [0.3, 0.4) is 0 Å². The van der Waals surface area contributed by atoms with Crippen molar-refractivity contribution >= 4 is 24.0 Å². The fourth-order valence-corrected chi connectivity index (χ4v) is 2.13. The van der Waals surface area contributed by atoms with E-state index in [9.17, 15) is 0 Å². The summed E-state index contributed by atoms with van der Waals surface area (Å²) in [4.78, 5) is 0. The fraction of sp³-hybridized carbons (Fsp3) is 0.500. The molecule has 16 heavy (non-hydrogen) atoms. The monoisotopic (exact) mass is 261 g/mol. The number of rotatable bonds is 2. The van der Waals surface area contributed by atoms with E-state index >= 15 is 0 Å². The van der Waals surface area contributed by atoms with Crippen molar-refractivity contribution in [3.63, 3.8) is 0 Å². The predicted molar refractivity (Wildman–Crippen MR) is 69.4 cm³/mol. The van der Waals surface area contributed by atoms with Gasteiger partial charge < -0.3 is 4.74 Å². The smallest absolute Gasteiger partial charge is 0.120 e. The Labute approximate surface area is 108 Å². The molecule has 0 spiro atoms. The summed E-state index contributed by atoms with van der Waals surface area (Å²) in [5, 5.41) is 4.21. The van der Waals surface area contributed by atoms with Crippen LogP contribution in [0.15, 0.2) is 24.3 Å². The lowest BCUT2D eigenvalue weighted by molar-refractivity contribution is 0.00690. The molecule has 1 aliphatic heterocycles. The summed E-state index contributed by atoms with van der Waals surface area (Å²) < 4.78 is 5.74. The van der Waals surface area contributed by atoms with E-state index < -0.39 is 0 Å². The van der Waals surface area contributed by atoms with Crippen molar-refractivity contribution in [2.75, 3.05) is 6.61 Å². The van der Waals surface area contributed by atoms with Gasteiger partial charge in [0.2, 0.25) is 0 Å². The summed E-state index contributed by atoms with van der Waals surface area (Å²) >= 11 is 5.84. The molecular weight excluding hydrogens is 245 g/mol. The third-order valence-electron chi connectivity index (χ3n) is 2.66. The molecule has 0 bridgehead atoms. The minimum Gasteiger partial charge on any atom is -0.359 e. The number of hydrogen-bond acceptors (Lipinski definition) is 2. The van der Waals surface area contributed by atoms with E-state index in [1.807, 2.05) is 24.3 Å². The maximum Gasteiger partial charge on any atom is 0.120 e. The molecule has 0 aromatic heterocycles. The second-order valence-electron chi connectivity index (χ2n) is 4.39. The highest BCUT2D eigenvalue weighted by molar-refractivity contribution is 6.30. The number of hydrogen-bond donors (Lipinski definition) is 1. The van der Waals surface area contributed by atoms with Crippen LogP contribution in [0.4, 0.5) is 0 Å². The zero-order valence-electron chi connectivity index (χ0n) is 9.50. The Kier molecular flexibility index (Phi) is 4.62. The molecule has 90 valence electrons. The molecule has 0 aliphatic carbocycles. The summed E-state index contributed by atoms with van der Waals surface area (Å²) in [5.74, 6) is 0. The topological polar surface area (TPSA) is 21.3 Å². The van der Waals surface area contributed by atoms with Crippen molar-refractivity contribution in [1.29, 1.82) is 0 Å². The standard InChI is InChI=1S/C12H16ClNO.ClH/c1-9-8-15-12(2,14-9)7-10-3-5-11(13)6-4-10;/h3-6,9,14H,7-8H2,1-2H3;1H. The van der Waals surface area contributed by atoms with Crippen LogP contribution in [0.2, 0.25) is 5.02 Å². The van der Waals surface area contributed by atoms with Crippen LogP contribution in [-0.2, 0) is 11.2 Å². The van der Waals surface area contributed by atoms with Crippen molar-refractivity contribution in [3.05, 3.63) is 34.9 Å². The molecule has 1 fully saturated rings. The Morgan fingerprint density at radius 2 is 2.06 bits per heavy atom. The lowest BCUT2D eigenvalue weighted by Gasteiger charge is -2.24. The largest absolute Gasteiger partial charge is 0.359 e. The van der Waals surface area contributed by atoms with Gasteiger partial charge in [0, 0.05) is 17.5 Å². The Bertz CT molecular complexity index is 341. The van der Waals surface area contributed by atoms with Gasteiger partial charge in [-0.05, 0) is 31.5 Å². The molecule has 1 aliphatic rings. The van der Waals surface area contributed by atoms with Crippen molar-refractivity contribution in [3.8, 4) is 0 Å². The highest BCUT2D eigenvalue weighted by atomic mass is 35.5. The zero-order chi connectivity index (χ0) is 10.9. The molecule has 1 saturated heterocycles. The molecule has 1 N–H and O–H groups in total. The number of nitrogens with one attached hydrogen (secondary N) is 1. The third-order valence-corrected chi connectivity index (χ3v) is 2.91. The summed E-state index contributed by atoms with van der Waals surface area (Å²) in [6.45, 7) is 5.00. The highest BCUT2D eigenvalue weighted by Gasteiger charge is 2.33. The molecule has 0 amide bonds. The highest BCUT2D eigenvalue weighted by Crippen LogP contribution is 2.21. The summed E-state index contributed by atoms with van der Waals surface area (Å²) in [6, 6.07) is 8.35. The Morgan fingerprint density at radius 1 is 1.44 bits per heavy atom. The summed E-state index contributed by atoms with van der Waals surface area (Å²) in [7, 11) is 0. The van der Waals surface area contributed by atoms with E-state index in [-0.39, 0.29) is 18.1 Å². The average molecular weight is 262 g/mol. The molecule has 0 saturated carbocycles. The SMILES string of the molecule is CC1COC(C)(Cc2ccc(Cl)cc2)N1.Cl. The normalized spacial score (nSPS) is 28.8. The molecule has 2 rings (SSSR count). The molecular formula is C12H17Cl2NO. The predicted octanol–water partition coefficient (Wildman–Crippen LogP) is 3.03. The maximum atomic E-state index is 5.84. The van der Waals surface area contributed by atoms with Crippen molar-refractivity contribution in [1.82, 2.24) is 5.32 Å². The molecule has 0 radical (unpaired) electrons. The Balaban J connectivity index is 0.00000128. The molecule has 2 nitrogen and oxygen atoms in total. The van der Waals surface area contributed by atoms with Crippen LogP contribution in [-0.4, -0.2) is 18.4 Å². The van der Waals surface area contributed by atoms with Crippen LogP contribution in [0.5, 0.6) is 0 Å². The van der Waals surface area contributed by atoms with Gasteiger partial charge in [0.1, 0.15) is 5.72 Å². The molecule has 2 atom stereocenters. The van der Waals surface area contributed by atoms with Crippen molar-refractivity contribution in [2.45, 2.75) is 32.0 Å². The van der Waals surface area contributed by atoms with E-state index in [0.717, 1.165) is 18.1 Å². The second kappa shape index (κ2) is 5.37. The van der Waals surface area contributed by atoms with Gasteiger partial charge in [-0.1, -0.05) is 23.7 Å². The Hall–Kier alpha value is -0.280. The second-order valence-corrected chi connectivity index (χ2v) is 4.83. The van der Waals surface area contributed by atoms with Crippen LogP contribution in [0.1, 0.15) is 19.4 Å². The van der Waals surface area contributed by atoms with E-state index in [1.165, 1.54) is 5.56 Å². The summed E-state index contributed by atoms with van der Waals surface area (Å²) in [6.07, 6.45) is 0.870. The van der Waals surface area contributed by atoms with Crippen LogP contribution < -0.4 is 5.32 Å². The first kappa shape index (κ1) is 13.8. The summed E-state index contributed by atoms with van der Waals surface area (Å²) in [5.41, 5.74) is 1.01. The van der Waals surface area contributed by atoms with Crippen molar-refractivity contribution < 1.29 is 4.74 Å². The van der Waals surface area contributed by atoms with Gasteiger partial charge in [0.15, 0.2) is 0 Å². The van der Waals surface area contributed by atoms with Gasteiger partial charge in [-0.2, -0.15) is 0 Å². The van der Waals surface area contributed by atoms with Crippen LogP contribution >= 0.6 is 24.0 Å². The minimum absolute atomic E-state index is 0. The molecule has 4 heteroatoms. The lowest BCUT2D eigenvalue weighted by atomic mass is 10.0. The van der Waals surface area contributed by atoms with Crippen molar-refractivity contribution in [2.24, 2.45) is 0 Å². The first-order valence-corrected chi connectivity index (χ1v) is 5.61. The van der Waals surface area contributed by atoms with E-state index in [0.29, 0.717) is 6.04 Å². The van der Waals surface area contributed by atoms with Gasteiger partial charge in [0.05, 0.1) is 6.61 Å². The van der Waals surface area contributed by atoms with E-state index in [4.69, 9.17) is 16.3 Å². The van der Waals surface area contributed by atoms with Gasteiger partial charge in [-0.3, -0.25) is 5.32 Å². The molecule has 2 unspecified atom stereocenters. The van der Waals surface area contributed by atoms with Gasteiger partial charge in [-0.15, -0.1) is 12.4 Å². The number of benzene rings is 1. The van der Waals surface area contributed by atoms with Crippen LogP contribution in [0.25, 0.3) is 0 Å². The van der Waals surface area contributed by atoms with E-state index in [2.05, 4.69) is 19.2 Å². The maximum absolute atomic E-state index is 5.84. The molecule has 1 heterocycles. The number of halogens is 2. The average Bonchev–Trinajstić information content (AvgIpc) is 2.50. The van der Waals surface area contributed by atoms with Crippen LogP contribution in [0, 0.1) is 0 Å². The fourth-order valence-electron chi connectivity index (χ4n) is 2.01. The quantitative estimate of drug-likeness (QED) is 0.884. The third kappa shape index (κ3) is 3.36. The number of ether oxygens (including phenoxy) is 1. The lowest BCUT2D eigenvalue weighted by Crippen LogP contribution is -2.42. The Morgan fingerprint density at radius 3 is 2.56 bits per heavy atom. The first-order valence-electron chi connectivity index (χ1n) is 5.23. The molecule has 1 aromatic rings.